The number of alkyl halides is 3. The van der Waals surface area contributed by atoms with Crippen LogP contribution in [0.15, 0.2) is 12.4 Å². The second-order valence-electron chi connectivity index (χ2n) is 2.93. The summed E-state index contributed by atoms with van der Waals surface area (Å²) in [5.41, 5.74) is 5.36. The number of rotatable bonds is 3. The molecule has 0 saturated heterocycles. The fourth-order valence-corrected chi connectivity index (χ4v) is 1.11. The molecule has 2 N–H and O–H groups in total. The molecule has 0 fully saturated rings. The van der Waals surface area contributed by atoms with Gasteiger partial charge in [-0.15, -0.1) is 0 Å². The maximum Gasteiger partial charge on any atom is 0.405 e. The van der Waals surface area contributed by atoms with Crippen LogP contribution < -0.4 is 10.6 Å². The van der Waals surface area contributed by atoms with Crippen LogP contribution in [0, 0.1) is 0 Å². The average Bonchev–Trinajstić information content (AvgIpc) is 2.13. The molecule has 0 saturated carbocycles. The molecule has 0 aliphatic heterocycles. The standard InChI is InChI=1S/C8H11F3N4/c1-2-15(4-8(9,10)11)7-3-6(12)13-5-14-7/h3,5H,2,4H2,1H3,(H2,12,13,14). The van der Waals surface area contributed by atoms with Gasteiger partial charge in [-0.2, -0.15) is 13.2 Å². The maximum absolute atomic E-state index is 12.2. The Kier molecular flexibility index (Phi) is 3.33. The number of aromatic nitrogens is 2. The Morgan fingerprint density at radius 3 is 2.53 bits per heavy atom. The van der Waals surface area contributed by atoms with Gasteiger partial charge in [-0.3, -0.25) is 0 Å². The minimum atomic E-state index is -4.25. The molecular formula is C8H11F3N4. The van der Waals surface area contributed by atoms with Crippen LogP contribution in [-0.2, 0) is 0 Å². The predicted molar refractivity (Wildman–Crippen MR) is 50.4 cm³/mol. The summed E-state index contributed by atoms with van der Waals surface area (Å²) in [5, 5.41) is 0. The molecular weight excluding hydrogens is 209 g/mol. The lowest BCUT2D eigenvalue weighted by Crippen LogP contribution is -2.34. The van der Waals surface area contributed by atoms with Crippen molar-refractivity contribution in [3.05, 3.63) is 12.4 Å². The van der Waals surface area contributed by atoms with E-state index in [0.717, 1.165) is 11.2 Å². The second kappa shape index (κ2) is 4.33. The smallest absolute Gasteiger partial charge is 0.384 e. The van der Waals surface area contributed by atoms with E-state index < -0.39 is 12.7 Å². The van der Waals surface area contributed by atoms with Gasteiger partial charge in [0.05, 0.1) is 0 Å². The lowest BCUT2D eigenvalue weighted by atomic mass is 10.4. The SMILES string of the molecule is CCN(CC(F)(F)F)c1cc(N)ncn1. The van der Waals surface area contributed by atoms with E-state index >= 15 is 0 Å². The van der Waals surface area contributed by atoms with Crippen molar-refractivity contribution < 1.29 is 13.2 Å². The Bertz CT molecular complexity index is 326. The molecule has 7 heteroatoms. The molecule has 0 amide bonds. The van der Waals surface area contributed by atoms with Crippen molar-refractivity contribution in [2.24, 2.45) is 0 Å². The molecule has 1 aromatic rings. The van der Waals surface area contributed by atoms with Gasteiger partial charge < -0.3 is 10.6 Å². The molecule has 0 radical (unpaired) electrons. The summed E-state index contributed by atoms with van der Waals surface area (Å²) in [6, 6.07) is 1.31. The molecule has 1 aromatic heterocycles. The first-order valence-corrected chi connectivity index (χ1v) is 4.31. The number of nitrogen functional groups attached to an aromatic ring is 1. The summed E-state index contributed by atoms with van der Waals surface area (Å²) < 4.78 is 36.5. The molecule has 0 atom stereocenters. The summed E-state index contributed by atoms with van der Waals surface area (Å²) in [6.45, 7) is 0.778. The normalized spacial score (nSPS) is 11.5. The first-order valence-electron chi connectivity index (χ1n) is 4.31. The maximum atomic E-state index is 12.2. The Morgan fingerprint density at radius 1 is 1.40 bits per heavy atom. The fourth-order valence-electron chi connectivity index (χ4n) is 1.11. The van der Waals surface area contributed by atoms with Crippen LogP contribution in [-0.4, -0.2) is 29.2 Å². The summed E-state index contributed by atoms with van der Waals surface area (Å²) in [7, 11) is 0. The van der Waals surface area contributed by atoms with Crippen LogP contribution in [0.5, 0.6) is 0 Å². The quantitative estimate of drug-likeness (QED) is 0.837. The van der Waals surface area contributed by atoms with E-state index in [9.17, 15) is 13.2 Å². The van der Waals surface area contributed by atoms with Gasteiger partial charge in [-0.05, 0) is 6.92 Å². The van der Waals surface area contributed by atoms with Gasteiger partial charge >= 0.3 is 6.18 Å². The third-order valence-corrected chi connectivity index (χ3v) is 1.75. The zero-order valence-electron chi connectivity index (χ0n) is 8.12. The molecule has 4 nitrogen and oxygen atoms in total. The van der Waals surface area contributed by atoms with Crippen molar-refractivity contribution in [2.45, 2.75) is 13.1 Å². The molecule has 1 heterocycles. The van der Waals surface area contributed by atoms with Crippen LogP contribution in [0.1, 0.15) is 6.92 Å². The highest BCUT2D eigenvalue weighted by molar-refractivity contribution is 5.45. The van der Waals surface area contributed by atoms with Gasteiger partial charge in [0.15, 0.2) is 0 Å². The lowest BCUT2D eigenvalue weighted by Gasteiger charge is -2.22. The van der Waals surface area contributed by atoms with E-state index in [0.29, 0.717) is 0 Å². The molecule has 0 aliphatic carbocycles. The molecule has 1 rings (SSSR count). The lowest BCUT2D eigenvalue weighted by molar-refractivity contribution is -0.119. The van der Waals surface area contributed by atoms with Crippen LogP contribution in [0.2, 0.25) is 0 Å². The third kappa shape index (κ3) is 3.61. The first-order chi connectivity index (χ1) is 6.92. The fraction of sp³-hybridized carbons (Fsp3) is 0.500. The van der Waals surface area contributed by atoms with Gasteiger partial charge in [-0.1, -0.05) is 0 Å². The summed E-state index contributed by atoms with van der Waals surface area (Å²) in [4.78, 5) is 8.42. The van der Waals surface area contributed by atoms with E-state index in [1.54, 1.807) is 6.92 Å². The number of hydrogen-bond acceptors (Lipinski definition) is 4. The second-order valence-corrected chi connectivity index (χ2v) is 2.93. The van der Waals surface area contributed by atoms with Gasteiger partial charge in [0, 0.05) is 12.6 Å². The Labute approximate surface area is 84.9 Å². The number of nitrogens with zero attached hydrogens (tertiary/aromatic N) is 3. The molecule has 84 valence electrons. The van der Waals surface area contributed by atoms with Crippen molar-refractivity contribution in [1.29, 1.82) is 0 Å². The molecule has 0 unspecified atom stereocenters. The van der Waals surface area contributed by atoms with Crippen molar-refractivity contribution >= 4 is 11.6 Å². The Morgan fingerprint density at radius 2 is 2.07 bits per heavy atom. The largest absolute Gasteiger partial charge is 0.405 e. The molecule has 0 bridgehead atoms. The van der Waals surface area contributed by atoms with E-state index in [-0.39, 0.29) is 18.2 Å². The Balaban J connectivity index is 2.83. The Hall–Kier alpha value is -1.53. The zero-order chi connectivity index (χ0) is 11.5. The monoisotopic (exact) mass is 220 g/mol. The summed E-state index contributed by atoms with van der Waals surface area (Å²) >= 11 is 0. The van der Waals surface area contributed by atoms with Gasteiger partial charge in [-0.25, -0.2) is 9.97 Å². The van der Waals surface area contributed by atoms with Gasteiger partial charge in [0.2, 0.25) is 0 Å². The number of anilines is 2. The number of halogens is 3. The van der Waals surface area contributed by atoms with E-state index in [1.807, 2.05) is 0 Å². The van der Waals surface area contributed by atoms with Gasteiger partial charge in [0.25, 0.3) is 0 Å². The van der Waals surface area contributed by atoms with Crippen LogP contribution >= 0.6 is 0 Å². The van der Waals surface area contributed by atoms with Crippen molar-refractivity contribution in [3.8, 4) is 0 Å². The molecule has 0 spiro atoms. The van der Waals surface area contributed by atoms with Crippen LogP contribution in [0.25, 0.3) is 0 Å². The van der Waals surface area contributed by atoms with Crippen molar-refractivity contribution in [2.75, 3.05) is 23.7 Å². The average molecular weight is 220 g/mol. The minimum absolute atomic E-state index is 0.153. The summed E-state index contributed by atoms with van der Waals surface area (Å²) in [5.74, 6) is 0.336. The summed E-state index contributed by atoms with van der Waals surface area (Å²) in [6.07, 6.45) is -3.11. The predicted octanol–water partition coefficient (Wildman–Crippen LogP) is 1.45. The molecule has 15 heavy (non-hydrogen) atoms. The van der Waals surface area contributed by atoms with Crippen LogP contribution in [0.3, 0.4) is 0 Å². The zero-order valence-corrected chi connectivity index (χ0v) is 8.12. The highest BCUT2D eigenvalue weighted by atomic mass is 19.4. The number of hydrogen-bond donors (Lipinski definition) is 1. The van der Waals surface area contributed by atoms with Gasteiger partial charge in [0.1, 0.15) is 24.5 Å². The highest BCUT2D eigenvalue weighted by Gasteiger charge is 2.30. The third-order valence-electron chi connectivity index (χ3n) is 1.75. The van der Waals surface area contributed by atoms with E-state index in [4.69, 9.17) is 5.73 Å². The van der Waals surface area contributed by atoms with Crippen molar-refractivity contribution in [3.63, 3.8) is 0 Å². The molecule has 0 aromatic carbocycles. The van der Waals surface area contributed by atoms with Crippen molar-refractivity contribution in [1.82, 2.24) is 9.97 Å². The first kappa shape index (κ1) is 11.5. The van der Waals surface area contributed by atoms with E-state index in [1.165, 1.54) is 6.07 Å². The van der Waals surface area contributed by atoms with E-state index in [2.05, 4.69) is 9.97 Å². The highest BCUT2D eigenvalue weighted by Crippen LogP contribution is 2.20. The number of nitrogens with two attached hydrogens (primary N) is 1. The topological polar surface area (TPSA) is 55.0 Å². The molecule has 0 aliphatic rings. The van der Waals surface area contributed by atoms with Crippen LogP contribution in [0.4, 0.5) is 24.8 Å². The minimum Gasteiger partial charge on any atom is -0.384 e.